The Bertz CT molecular complexity index is 595. The third-order valence-corrected chi connectivity index (χ3v) is 4.38. The molecule has 1 aromatic rings. The summed E-state index contributed by atoms with van der Waals surface area (Å²) in [6.45, 7) is 0.0992. The first-order chi connectivity index (χ1) is 9.09. The Kier molecular flexibility index (Phi) is 4.59. The standard InChI is InChI=1S/C14H17NO3S/c16-8-2-5-12-3-1-4-14(9-12)10-15-19(17,18)11-13-6-7-13/h1,3-4,9,13,15-16H,6-8,10-11H2. The van der Waals surface area contributed by atoms with E-state index in [0.717, 1.165) is 24.0 Å². The Morgan fingerprint density at radius 1 is 1.37 bits per heavy atom. The van der Waals surface area contributed by atoms with E-state index in [2.05, 4.69) is 16.6 Å². The monoisotopic (exact) mass is 279 g/mol. The van der Waals surface area contributed by atoms with Crippen molar-refractivity contribution in [3.05, 3.63) is 35.4 Å². The van der Waals surface area contributed by atoms with Crippen molar-refractivity contribution in [2.24, 2.45) is 5.92 Å². The van der Waals surface area contributed by atoms with Crippen LogP contribution in [0.5, 0.6) is 0 Å². The van der Waals surface area contributed by atoms with Crippen LogP contribution in [0.4, 0.5) is 0 Å². The Balaban J connectivity index is 1.95. The highest BCUT2D eigenvalue weighted by molar-refractivity contribution is 7.89. The second-order valence-electron chi connectivity index (χ2n) is 4.71. The largest absolute Gasteiger partial charge is 0.384 e. The Morgan fingerprint density at radius 3 is 2.84 bits per heavy atom. The van der Waals surface area contributed by atoms with E-state index in [0.29, 0.717) is 5.92 Å². The van der Waals surface area contributed by atoms with Crippen molar-refractivity contribution in [1.82, 2.24) is 4.72 Å². The van der Waals surface area contributed by atoms with Crippen LogP contribution in [-0.2, 0) is 16.6 Å². The maximum absolute atomic E-state index is 11.7. The molecule has 0 aromatic heterocycles. The van der Waals surface area contributed by atoms with Gasteiger partial charge in [-0.1, -0.05) is 24.0 Å². The lowest BCUT2D eigenvalue weighted by molar-refractivity contribution is 0.350. The molecule has 1 aromatic carbocycles. The molecule has 0 heterocycles. The predicted octanol–water partition coefficient (Wildman–Crippen LogP) is 0.860. The van der Waals surface area contributed by atoms with Crippen LogP contribution in [0, 0.1) is 17.8 Å². The summed E-state index contributed by atoms with van der Waals surface area (Å²) < 4.78 is 26.1. The van der Waals surface area contributed by atoms with Gasteiger partial charge in [-0.2, -0.15) is 0 Å². The number of sulfonamides is 1. The smallest absolute Gasteiger partial charge is 0.212 e. The highest BCUT2D eigenvalue weighted by Crippen LogP contribution is 2.29. The quantitative estimate of drug-likeness (QED) is 0.786. The first-order valence-electron chi connectivity index (χ1n) is 6.25. The highest BCUT2D eigenvalue weighted by Gasteiger charge is 2.27. The molecule has 0 atom stereocenters. The number of aliphatic hydroxyl groups is 1. The van der Waals surface area contributed by atoms with E-state index in [1.165, 1.54) is 0 Å². The predicted molar refractivity (Wildman–Crippen MR) is 73.8 cm³/mol. The lowest BCUT2D eigenvalue weighted by atomic mass is 10.1. The number of benzene rings is 1. The van der Waals surface area contributed by atoms with Crippen LogP contribution < -0.4 is 4.72 Å². The minimum absolute atomic E-state index is 0.182. The van der Waals surface area contributed by atoms with Gasteiger partial charge in [0.1, 0.15) is 6.61 Å². The van der Waals surface area contributed by atoms with Crippen LogP contribution in [0.3, 0.4) is 0 Å². The zero-order valence-corrected chi connectivity index (χ0v) is 11.4. The normalized spacial score (nSPS) is 14.8. The van der Waals surface area contributed by atoms with Crippen LogP contribution in [0.15, 0.2) is 24.3 Å². The summed E-state index contributed by atoms with van der Waals surface area (Å²) in [4.78, 5) is 0. The molecule has 5 heteroatoms. The molecular formula is C14H17NO3S. The molecule has 4 nitrogen and oxygen atoms in total. The van der Waals surface area contributed by atoms with Gasteiger partial charge in [0.05, 0.1) is 5.75 Å². The molecule has 0 unspecified atom stereocenters. The van der Waals surface area contributed by atoms with Crippen LogP contribution >= 0.6 is 0 Å². The van der Waals surface area contributed by atoms with E-state index in [1.54, 1.807) is 0 Å². The Labute approximate surface area is 113 Å². The third kappa shape index (κ3) is 5.03. The summed E-state index contributed by atoms with van der Waals surface area (Å²) in [7, 11) is -3.17. The lowest BCUT2D eigenvalue weighted by Gasteiger charge is -2.06. The highest BCUT2D eigenvalue weighted by atomic mass is 32.2. The summed E-state index contributed by atoms with van der Waals surface area (Å²) in [5.74, 6) is 5.94. The van der Waals surface area contributed by atoms with E-state index in [9.17, 15) is 8.42 Å². The van der Waals surface area contributed by atoms with Gasteiger partial charge in [0.25, 0.3) is 0 Å². The van der Waals surface area contributed by atoms with Gasteiger partial charge in [0.15, 0.2) is 0 Å². The lowest BCUT2D eigenvalue weighted by Crippen LogP contribution is -2.26. The maximum Gasteiger partial charge on any atom is 0.212 e. The molecule has 0 bridgehead atoms. The fourth-order valence-electron chi connectivity index (χ4n) is 1.75. The van der Waals surface area contributed by atoms with Crippen molar-refractivity contribution >= 4 is 10.0 Å². The van der Waals surface area contributed by atoms with E-state index in [4.69, 9.17) is 5.11 Å². The summed E-state index contributed by atoms with van der Waals surface area (Å²) in [5, 5.41) is 8.63. The second-order valence-corrected chi connectivity index (χ2v) is 6.56. The summed E-state index contributed by atoms with van der Waals surface area (Å²) in [6, 6.07) is 7.32. The summed E-state index contributed by atoms with van der Waals surface area (Å²) in [6.07, 6.45) is 2.04. The summed E-state index contributed by atoms with van der Waals surface area (Å²) >= 11 is 0. The molecule has 0 spiro atoms. The van der Waals surface area contributed by atoms with Gasteiger partial charge >= 0.3 is 0 Å². The van der Waals surface area contributed by atoms with Crippen molar-refractivity contribution in [2.75, 3.05) is 12.4 Å². The van der Waals surface area contributed by atoms with Crippen molar-refractivity contribution < 1.29 is 13.5 Å². The Morgan fingerprint density at radius 2 is 2.16 bits per heavy atom. The number of nitrogens with one attached hydrogen (secondary N) is 1. The summed E-state index contributed by atoms with van der Waals surface area (Å²) in [5.41, 5.74) is 1.64. The number of hydrogen-bond acceptors (Lipinski definition) is 3. The molecule has 2 rings (SSSR count). The first kappa shape index (κ1) is 14.1. The van der Waals surface area contributed by atoms with Gasteiger partial charge in [-0.15, -0.1) is 0 Å². The number of hydrogen-bond donors (Lipinski definition) is 2. The Hall–Kier alpha value is -1.35. The van der Waals surface area contributed by atoms with Gasteiger partial charge in [-0.3, -0.25) is 0 Å². The van der Waals surface area contributed by atoms with E-state index < -0.39 is 10.0 Å². The molecule has 0 aliphatic heterocycles. The number of rotatable bonds is 5. The van der Waals surface area contributed by atoms with Crippen molar-refractivity contribution in [2.45, 2.75) is 19.4 Å². The molecule has 1 aliphatic rings. The van der Waals surface area contributed by atoms with E-state index in [1.807, 2.05) is 24.3 Å². The maximum atomic E-state index is 11.7. The van der Waals surface area contributed by atoms with Gasteiger partial charge in [0, 0.05) is 12.1 Å². The zero-order chi connectivity index (χ0) is 13.7. The van der Waals surface area contributed by atoms with Crippen molar-refractivity contribution in [3.8, 4) is 11.8 Å². The van der Waals surface area contributed by atoms with Gasteiger partial charge in [-0.25, -0.2) is 13.1 Å². The van der Waals surface area contributed by atoms with Crippen molar-refractivity contribution in [1.29, 1.82) is 0 Å². The average molecular weight is 279 g/mol. The first-order valence-corrected chi connectivity index (χ1v) is 7.90. The molecule has 1 aliphatic carbocycles. The molecule has 19 heavy (non-hydrogen) atoms. The zero-order valence-electron chi connectivity index (χ0n) is 10.6. The van der Waals surface area contributed by atoms with E-state index in [-0.39, 0.29) is 18.9 Å². The molecule has 1 saturated carbocycles. The molecule has 0 saturated heterocycles. The fourth-order valence-corrected chi connectivity index (χ4v) is 3.21. The average Bonchev–Trinajstić information content (AvgIpc) is 3.18. The molecule has 1 fully saturated rings. The van der Waals surface area contributed by atoms with Crippen LogP contribution in [0.1, 0.15) is 24.0 Å². The van der Waals surface area contributed by atoms with Crippen LogP contribution in [-0.4, -0.2) is 25.9 Å². The SMILES string of the molecule is O=S(=O)(CC1CC1)NCc1cccc(C#CCO)c1. The minimum atomic E-state index is -3.17. The number of aliphatic hydroxyl groups excluding tert-OH is 1. The van der Waals surface area contributed by atoms with Crippen LogP contribution in [0.25, 0.3) is 0 Å². The fraction of sp³-hybridized carbons (Fsp3) is 0.429. The molecule has 102 valence electrons. The molecule has 0 radical (unpaired) electrons. The molecule has 2 N–H and O–H groups in total. The van der Waals surface area contributed by atoms with Crippen LogP contribution in [0.2, 0.25) is 0 Å². The van der Waals surface area contributed by atoms with Gasteiger partial charge < -0.3 is 5.11 Å². The molecular weight excluding hydrogens is 262 g/mol. The topological polar surface area (TPSA) is 66.4 Å². The molecule has 0 amide bonds. The van der Waals surface area contributed by atoms with Gasteiger partial charge in [-0.05, 0) is 36.5 Å². The third-order valence-electron chi connectivity index (χ3n) is 2.89. The van der Waals surface area contributed by atoms with Crippen molar-refractivity contribution in [3.63, 3.8) is 0 Å². The second kappa shape index (κ2) is 6.20. The van der Waals surface area contributed by atoms with Gasteiger partial charge in [0.2, 0.25) is 10.0 Å². The minimum Gasteiger partial charge on any atom is -0.384 e. The van der Waals surface area contributed by atoms with E-state index >= 15 is 0 Å².